The first-order chi connectivity index (χ1) is 11.2. The van der Waals surface area contributed by atoms with Gasteiger partial charge in [0.15, 0.2) is 0 Å². The second kappa shape index (κ2) is 6.98. The van der Waals surface area contributed by atoms with Crippen LogP contribution in [-0.4, -0.2) is 54.4 Å². The van der Waals surface area contributed by atoms with Gasteiger partial charge in [-0.05, 0) is 24.6 Å². The van der Waals surface area contributed by atoms with E-state index in [1.54, 1.807) is 31.2 Å². The van der Waals surface area contributed by atoms with Crippen LogP contribution in [0.3, 0.4) is 0 Å². The molecule has 2 amide bonds. The Morgan fingerprint density at radius 2 is 1.83 bits per heavy atom. The van der Waals surface area contributed by atoms with Crippen LogP contribution >= 0.6 is 0 Å². The fourth-order valence-corrected chi connectivity index (χ4v) is 2.61. The highest BCUT2D eigenvalue weighted by Gasteiger charge is 2.43. The third-order valence-corrected chi connectivity index (χ3v) is 3.88. The minimum absolute atomic E-state index is 0.00843. The van der Waals surface area contributed by atoms with E-state index >= 15 is 0 Å². The number of carbonyl (C=O) groups excluding carboxylic acids is 1. The molecule has 1 aliphatic rings. The van der Waals surface area contributed by atoms with Crippen LogP contribution in [-0.2, 0) is 4.79 Å². The van der Waals surface area contributed by atoms with Gasteiger partial charge in [0.2, 0.25) is 0 Å². The summed E-state index contributed by atoms with van der Waals surface area (Å²) in [5.41, 5.74) is 1.54. The predicted octanol–water partition coefficient (Wildman–Crippen LogP) is 2.23. The minimum atomic E-state index is -4.85. The van der Waals surface area contributed by atoms with Crippen molar-refractivity contribution in [3.05, 3.63) is 29.8 Å². The molecule has 6 nitrogen and oxygen atoms in total. The zero-order valence-corrected chi connectivity index (χ0v) is 13.0. The van der Waals surface area contributed by atoms with E-state index in [0.717, 1.165) is 16.2 Å². The first kappa shape index (κ1) is 17.9. The predicted molar refractivity (Wildman–Crippen MR) is 80.9 cm³/mol. The summed E-state index contributed by atoms with van der Waals surface area (Å²) in [5.74, 6) is -1.81. The highest BCUT2D eigenvalue weighted by molar-refractivity contribution is 5.82. The zero-order chi connectivity index (χ0) is 17.9. The van der Waals surface area contributed by atoms with Gasteiger partial charge in [0.05, 0.1) is 6.04 Å². The largest absolute Gasteiger partial charge is 0.471 e. The van der Waals surface area contributed by atoms with Gasteiger partial charge >= 0.3 is 18.2 Å². The summed E-state index contributed by atoms with van der Waals surface area (Å²) in [7, 11) is 0. The molecule has 1 saturated heterocycles. The monoisotopic (exact) mass is 345 g/mol. The molecule has 0 spiro atoms. The van der Waals surface area contributed by atoms with Gasteiger partial charge in [-0.15, -0.1) is 0 Å². The van der Waals surface area contributed by atoms with Crippen molar-refractivity contribution in [2.24, 2.45) is 0 Å². The normalized spacial score (nSPS) is 16.7. The first-order valence-electron chi connectivity index (χ1n) is 7.39. The highest BCUT2D eigenvalue weighted by atomic mass is 19.4. The lowest BCUT2D eigenvalue weighted by Gasteiger charge is -2.36. The quantitative estimate of drug-likeness (QED) is 0.881. The molecular formula is C15H18F3N3O3. The molecule has 0 aliphatic carbocycles. The summed E-state index contributed by atoms with van der Waals surface area (Å²) in [6.45, 7) is 2.25. The molecule has 24 heavy (non-hydrogen) atoms. The Balaban J connectivity index is 2.02. The average Bonchev–Trinajstić information content (AvgIpc) is 2.53. The van der Waals surface area contributed by atoms with Gasteiger partial charge in [-0.3, -0.25) is 4.79 Å². The summed E-state index contributed by atoms with van der Waals surface area (Å²) < 4.78 is 37.3. The molecule has 0 radical (unpaired) electrons. The summed E-state index contributed by atoms with van der Waals surface area (Å²) in [6, 6.07) is 6.72. The number of benzene rings is 1. The Morgan fingerprint density at radius 1 is 1.21 bits per heavy atom. The molecular weight excluding hydrogens is 327 g/mol. The van der Waals surface area contributed by atoms with Crippen LogP contribution in [0.25, 0.3) is 0 Å². The van der Waals surface area contributed by atoms with Crippen LogP contribution in [0.15, 0.2) is 24.3 Å². The van der Waals surface area contributed by atoms with Crippen LogP contribution in [0.4, 0.5) is 23.7 Å². The summed E-state index contributed by atoms with van der Waals surface area (Å²) in [5, 5.41) is 11.1. The molecule has 1 aromatic rings. The number of carbonyl (C=O) groups is 2. The molecule has 0 unspecified atom stereocenters. The summed E-state index contributed by atoms with van der Waals surface area (Å²) >= 11 is 0. The molecule has 1 aromatic carbocycles. The number of halogens is 3. The van der Waals surface area contributed by atoms with E-state index in [4.69, 9.17) is 5.11 Å². The molecule has 1 fully saturated rings. The Morgan fingerprint density at radius 3 is 2.38 bits per heavy atom. The second-order valence-electron chi connectivity index (χ2n) is 5.54. The van der Waals surface area contributed by atoms with Crippen molar-refractivity contribution in [3.63, 3.8) is 0 Å². The van der Waals surface area contributed by atoms with Crippen molar-refractivity contribution in [3.8, 4) is 0 Å². The number of nitrogens with zero attached hydrogens (tertiary/aromatic N) is 2. The van der Waals surface area contributed by atoms with E-state index in [-0.39, 0.29) is 26.2 Å². The molecule has 2 N–H and O–H groups in total. The van der Waals surface area contributed by atoms with Crippen molar-refractivity contribution in [1.82, 2.24) is 10.2 Å². The molecule has 1 aliphatic heterocycles. The lowest BCUT2D eigenvalue weighted by molar-refractivity contribution is -0.185. The van der Waals surface area contributed by atoms with E-state index in [2.05, 4.69) is 5.32 Å². The van der Waals surface area contributed by atoms with Crippen molar-refractivity contribution >= 4 is 17.7 Å². The van der Waals surface area contributed by atoms with Crippen LogP contribution in [0, 0.1) is 0 Å². The van der Waals surface area contributed by atoms with Crippen LogP contribution in [0.5, 0.6) is 0 Å². The summed E-state index contributed by atoms with van der Waals surface area (Å²) in [6.07, 6.45) is -5.98. The number of anilines is 1. The summed E-state index contributed by atoms with van der Waals surface area (Å²) in [4.78, 5) is 24.6. The molecule has 132 valence electrons. The number of hydrogen-bond donors (Lipinski definition) is 2. The highest BCUT2D eigenvalue weighted by Crippen LogP contribution is 2.24. The number of amides is 2. The topological polar surface area (TPSA) is 72.9 Å². The van der Waals surface area contributed by atoms with Crippen molar-refractivity contribution in [2.45, 2.75) is 19.1 Å². The number of hydrogen-bond acceptors (Lipinski definition) is 3. The van der Waals surface area contributed by atoms with E-state index in [0.29, 0.717) is 0 Å². The Labute approximate surface area is 136 Å². The fraction of sp³-hybridized carbons (Fsp3) is 0.467. The third kappa shape index (κ3) is 4.30. The molecule has 1 atom stereocenters. The SMILES string of the molecule is C[C@H](NC(=O)O)c1cccc(N2CCN(C(=O)C(F)(F)F)CC2)c1. The van der Waals surface area contributed by atoms with E-state index in [1.165, 1.54) is 0 Å². The molecule has 0 bridgehead atoms. The van der Waals surface area contributed by atoms with E-state index in [1.807, 2.05) is 4.90 Å². The van der Waals surface area contributed by atoms with Gasteiger partial charge < -0.3 is 20.2 Å². The second-order valence-corrected chi connectivity index (χ2v) is 5.54. The molecule has 2 rings (SSSR count). The number of piperazine rings is 1. The van der Waals surface area contributed by atoms with Gasteiger partial charge in [-0.1, -0.05) is 12.1 Å². The van der Waals surface area contributed by atoms with Crippen LogP contribution in [0.1, 0.15) is 18.5 Å². The van der Waals surface area contributed by atoms with Crippen LogP contribution < -0.4 is 10.2 Å². The number of carboxylic acid groups (broad SMARTS) is 1. The fourth-order valence-electron chi connectivity index (χ4n) is 2.61. The number of nitrogens with one attached hydrogen (secondary N) is 1. The maximum atomic E-state index is 12.4. The van der Waals surface area contributed by atoms with E-state index < -0.39 is 24.2 Å². The smallest absolute Gasteiger partial charge is 0.465 e. The zero-order valence-electron chi connectivity index (χ0n) is 13.0. The lowest BCUT2D eigenvalue weighted by Crippen LogP contribution is -2.52. The van der Waals surface area contributed by atoms with Crippen molar-refractivity contribution < 1.29 is 27.9 Å². The van der Waals surface area contributed by atoms with Crippen LogP contribution in [0.2, 0.25) is 0 Å². The minimum Gasteiger partial charge on any atom is -0.465 e. The van der Waals surface area contributed by atoms with E-state index in [9.17, 15) is 22.8 Å². The first-order valence-corrected chi connectivity index (χ1v) is 7.39. The average molecular weight is 345 g/mol. The van der Waals surface area contributed by atoms with Gasteiger partial charge in [0.25, 0.3) is 0 Å². The number of rotatable bonds is 3. The van der Waals surface area contributed by atoms with Crippen molar-refractivity contribution in [2.75, 3.05) is 31.1 Å². The Kier molecular flexibility index (Phi) is 5.20. The lowest BCUT2D eigenvalue weighted by atomic mass is 10.1. The standard InChI is InChI=1S/C15H18F3N3O3/c1-10(19-14(23)24)11-3-2-4-12(9-11)20-5-7-21(8-6-20)13(22)15(16,17)18/h2-4,9-10,19H,5-8H2,1H3,(H,23,24)/t10-/m0/s1. The Hall–Kier alpha value is -2.45. The van der Waals surface area contributed by atoms with Crippen molar-refractivity contribution in [1.29, 1.82) is 0 Å². The molecule has 1 heterocycles. The third-order valence-electron chi connectivity index (χ3n) is 3.88. The van der Waals surface area contributed by atoms with Gasteiger partial charge in [0, 0.05) is 31.9 Å². The molecule has 0 aromatic heterocycles. The maximum Gasteiger partial charge on any atom is 0.471 e. The maximum absolute atomic E-state index is 12.4. The van der Waals surface area contributed by atoms with Gasteiger partial charge in [-0.25, -0.2) is 4.79 Å². The molecule has 9 heteroatoms. The van der Waals surface area contributed by atoms with Gasteiger partial charge in [-0.2, -0.15) is 13.2 Å². The molecule has 0 saturated carbocycles. The Bertz CT molecular complexity index is 613. The van der Waals surface area contributed by atoms with Gasteiger partial charge in [0.1, 0.15) is 0 Å². The number of alkyl halides is 3.